The average molecular weight is 420 g/mol. The largest absolute Gasteiger partial charge is 0.339 e. The Hall–Kier alpha value is -3.38. The standard InChI is InChI=1S/C23H22ClN5O/c1-14-13-28(19-7-5-18(24)6-8-19)21-11-16(17-4-10-22(30)27-12-17)3-9-20(21)29(15(2)25)23(14)26/h3-12,14,25-26H,13H2,1-2H3,(H,27,30)/t14-/m1/s1. The number of H-pyrrole nitrogens is 1. The van der Waals surface area contributed by atoms with Crippen LogP contribution in [0, 0.1) is 16.7 Å². The Kier molecular flexibility index (Phi) is 5.18. The summed E-state index contributed by atoms with van der Waals surface area (Å²) in [4.78, 5) is 18.0. The SMILES string of the molecule is CC(=N)N1C(=N)[C@H](C)CN(c2ccc(Cl)cc2)c2cc(-c3ccc(=O)[nH]c3)ccc21. The number of hydrogen-bond acceptors (Lipinski definition) is 4. The molecule has 7 heteroatoms. The van der Waals surface area contributed by atoms with E-state index in [1.54, 1.807) is 24.1 Å². The second-order valence-corrected chi connectivity index (χ2v) is 7.88. The molecule has 0 spiro atoms. The third-order valence-electron chi connectivity index (χ3n) is 5.26. The molecule has 2 aromatic carbocycles. The van der Waals surface area contributed by atoms with Crippen molar-refractivity contribution in [3.8, 4) is 11.1 Å². The number of aromatic amines is 1. The molecule has 6 nitrogen and oxygen atoms in total. The second kappa shape index (κ2) is 7.80. The van der Waals surface area contributed by atoms with Crippen LogP contribution in [-0.4, -0.2) is 23.2 Å². The number of benzene rings is 2. The van der Waals surface area contributed by atoms with Crippen LogP contribution in [0.2, 0.25) is 5.02 Å². The predicted molar refractivity (Wildman–Crippen MR) is 124 cm³/mol. The van der Waals surface area contributed by atoms with Crippen LogP contribution in [0.4, 0.5) is 17.1 Å². The van der Waals surface area contributed by atoms with Gasteiger partial charge in [-0.2, -0.15) is 0 Å². The summed E-state index contributed by atoms with van der Waals surface area (Å²) >= 11 is 6.10. The normalized spacial score (nSPS) is 16.2. The first-order valence-corrected chi connectivity index (χ1v) is 10.0. The number of halogens is 1. The number of pyridine rings is 1. The molecule has 0 radical (unpaired) electrons. The topological polar surface area (TPSA) is 87.0 Å². The summed E-state index contributed by atoms with van der Waals surface area (Å²) in [5.41, 5.74) is 4.31. The fraction of sp³-hybridized carbons (Fsp3) is 0.174. The van der Waals surface area contributed by atoms with Crippen molar-refractivity contribution in [2.45, 2.75) is 13.8 Å². The van der Waals surface area contributed by atoms with Crippen molar-refractivity contribution in [1.82, 2.24) is 4.98 Å². The van der Waals surface area contributed by atoms with E-state index in [0.717, 1.165) is 28.2 Å². The molecular formula is C23H22ClN5O. The zero-order valence-corrected chi connectivity index (χ0v) is 17.5. The molecule has 0 saturated carbocycles. The Morgan fingerprint density at radius 1 is 1.07 bits per heavy atom. The molecule has 152 valence electrons. The lowest BCUT2D eigenvalue weighted by molar-refractivity contribution is 0.757. The molecule has 0 bridgehead atoms. The Balaban J connectivity index is 1.93. The highest BCUT2D eigenvalue weighted by Crippen LogP contribution is 2.41. The summed E-state index contributed by atoms with van der Waals surface area (Å²) in [5.74, 6) is 0.588. The van der Waals surface area contributed by atoms with Gasteiger partial charge in [-0.1, -0.05) is 24.6 Å². The van der Waals surface area contributed by atoms with Gasteiger partial charge in [0.05, 0.1) is 11.4 Å². The molecule has 2 heterocycles. The van der Waals surface area contributed by atoms with Gasteiger partial charge in [0, 0.05) is 35.4 Å². The summed E-state index contributed by atoms with van der Waals surface area (Å²) in [5, 5.41) is 17.6. The minimum Gasteiger partial charge on any atom is -0.339 e. The van der Waals surface area contributed by atoms with E-state index >= 15 is 0 Å². The number of fused-ring (bicyclic) bond motifs is 1. The van der Waals surface area contributed by atoms with Crippen LogP contribution >= 0.6 is 11.6 Å². The van der Waals surface area contributed by atoms with Gasteiger partial charge in [-0.05, 0) is 60.5 Å². The maximum absolute atomic E-state index is 11.5. The Bertz CT molecular complexity index is 1160. The van der Waals surface area contributed by atoms with E-state index < -0.39 is 0 Å². The van der Waals surface area contributed by atoms with Crippen molar-refractivity contribution in [3.05, 3.63) is 76.2 Å². The van der Waals surface area contributed by atoms with Gasteiger partial charge in [0.15, 0.2) is 0 Å². The van der Waals surface area contributed by atoms with E-state index in [9.17, 15) is 4.79 Å². The molecule has 3 aromatic rings. The molecule has 0 fully saturated rings. The van der Waals surface area contributed by atoms with Gasteiger partial charge in [-0.25, -0.2) is 0 Å². The number of amidine groups is 2. The number of nitrogens with zero attached hydrogens (tertiary/aromatic N) is 2. The van der Waals surface area contributed by atoms with Gasteiger partial charge < -0.3 is 9.88 Å². The van der Waals surface area contributed by atoms with Crippen LogP contribution in [-0.2, 0) is 0 Å². The Morgan fingerprint density at radius 3 is 2.40 bits per heavy atom. The fourth-order valence-corrected chi connectivity index (χ4v) is 3.86. The summed E-state index contributed by atoms with van der Waals surface area (Å²) in [6.07, 6.45) is 1.69. The van der Waals surface area contributed by atoms with E-state index in [2.05, 4.69) is 9.88 Å². The highest BCUT2D eigenvalue weighted by Gasteiger charge is 2.31. The summed E-state index contributed by atoms with van der Waals surface area (Å²) in [6, 6.07) is 16.8. The first kappa shape index (κ1) is 19.9. The third kappa shape index (κ3) is 3.62. The van der Waals surface area contributed by atoms with E-state index in [4.69, 9.17) is 22.4 Å². The van der Waals surface area contributed by atoms with Crippen LogP contribution in [0.5, 0.6) is 0 Å². The van der Waals surface area contributed by atoms with E-state index in [-0.39, 0.29) is 11.5 Å². The van der Waals surface area contributed by atoms with Crippen molar-refractivity contribution >= 4 is 40.3 Å². The van der Waals surface area contributed by atoms with Gasteiger partial charge in [-0.3, -0.25) is 20.5 Å². The van der Waals surface area contributed by atoms with Crippen LogP contribution in [0.15, 0.2) is 65.6 Å². The molecule has 1 aliphatic heterocycles. The molecule has 1 atom stereocenters. The molecule has 3 N–H and O–H groups in total. The quantitative estimate of drug-likeness (QED) is 0.391. The van der Waals surface area contributed by atoms with Crippen LogP contribution < -0.4 is 15.4 Å². The van der Waals surface area contributed by atoms with Crippen molar-refractivity contribution in [2.75, 3.05) is 16.3 Å². The number of rotatable bonds is 2. The summed E-state index contributed by atoms with van der Waals surface area (Å²) < 4.78 is 0. The van der Waals surface area contributed by atoms with Gasteiger partial charge in [0.2, 0.25) is 5.56 Å². The van der Waals surface area contributed by atoms with Crippen LogP contribution in [0.3, 0.4) is 0 Å². The molecule has 1 aromatic heterocycles. The fourth-order valence-electron chi connectivity index (χ4n) is 3.73. The second-order valence-electron chi connectivity index (χ2n) is 7.44. The Labute approximate surface area is 179 Å². The van der Waals surface area contributed by atoms with Gasteiger partial charge in [0.1, 0.15) is 11.7 Å². The highest BCUT2D eigenvalue weighted by molar-refractivity contribution is 6.30. The number of anilines is 3. The number of hydrogen-bond donors (Lipinski definition) is 3. The minimum absolute atomic E-state index is 0.0927. The molecule has 1 aliphatic rings. The first-order valence-electron chi connectivity index (χ1n) is 9.65. The first-order chi connectivity index (χ1) is 14.3. The molecule has 30 heavy (non-hydrogen) atoms. The van der Waals surface area contributed by atoms with Crippen molar-refractivity contribution in [3.63, 3.8) is 0 Å². The molecule has 0 amide bonds. The lowest BCUT2D eigenvalue weighted by Crippen LogP contribution is -2.38. The molecular weight excluding hydrogens is 398 g/mol. The summed E-state index contributed by atoms with van der Waals surface area (Å²) in [7, 11) is 0. The van der Waals surface area contributed by atoms with E-state index in [1.807, 2.05) is 49.4 Å². The van der Waals surface area contributed by atoms with Gasteiger partial charge >= 0.3 is 0 Å². The zero-order valence-electron chi connectivity index (χ0n) is 16.7. The molecule has 0 saturated heterocycles. The Morgan fingerprint density at radius 2 is 1.77 bits per heavy atom. The predicted octanol–water partition coefficient (Wildman–Crippen LogP) is 5.26. The van der Waals surface area contributed by atoms with Gasteiger partial charge in [-0.15, -0.1) is 0 Å². The van der Waals surface area contributed by atoms with Crippen LogP contribution in [0.1, 0.15) is 13.8 Å². The zero-order chi connectivity index (χ0) is 21.4. The number of aromatic nitrogens is 1. The minimum atomic E-state index is -0.149. The summed E-state index contributed by atoms with van der Waals surface area (Å²) in [6.45, 7) is 4.28. The maximum Gasteiger partial charge on any atom is 0.247 e. The maximum atomic E-state index is 11.5. The van der Waals surface area contributed by atoms with Crippen molar-refractivity contribution < 1.29 is 0 Å². The third-order valence-corrected chi connectivity index (χ3v) is 5.51. The smallest absolute Gasteiger partial charge is 0.247 e. The average Bonchev–Trinajstić information content (AvgIpc) is 2.83. The van der Waals surface area contributed by atoms with Crippen molar-refractivity contribution in [1.29, 1.82) is 10.8 Å². The van der Waals surface area contributed by atoms with Crippen LogP contribution in [0.25, 0.3) is 11.1 Å². The van der Waals surface area contributed by atoms with E-state index in [0.29, 0.717) is 23.2 Å². The monoisotopic (exact) mass is 419 g/mol. The lowest BCUT2D eigenvalue weighted by atomic mass is 10.0. The van der Waals surface area contributed by atoms with Gasteiger partial charge in [0.25, 0.3) is 0 Å². The van der Waals surface area contributed by atoms with Crippen molar-refractivity contribution in [2.24, 2.45) is 5.92 Å². The highest BCUT2D eigenvalue weighted by atomic mass is 35.5. The molecule has 4 rings (SSSR count). The number of nitrogens with one attached hydrogen (secondary N) is 3. The molecule has 0 unspecified atom stereocenters. The van der Waals surface area contributed by atoms with E-state index in [1.165, 1.54) is 6.07 Å². The lowest BCUT2D eigenvalue weighted by Gasteiger charge is -2.27. The molecule has 0 aliphatic carbocycles.